The lowest BCUT2D eigenvalue weighted by Crippen LogP contribution is -2.28. The van der Waals surface area contributed by atoms with E-state index in [-0.39, 0.29) is 6.54 Å². The lowest BCUT2D eigenvalue weighted by molar-refractivity contribution is 0.376. The molecular formula is C19H21N5O3S2. The van der Waals surface area contributed by atoms with E-state index in [1.807, 2.05) is 31.2 Å². The van der Waals surface area contributed by atoms with Crippen LogP contribution >= 0.6 is 12.2 Å². The van der Waals surface area contributed by atoms with Crippen molar-refractivity contribution in [3.8, 4) is 11.4 Å². The third kappa shape index (κ3) is 5.30. The van der Waals surface area contributed by atoms with Crippen molar-refractivity contribution in [1.29, 1.82) is 0 Å². The van der Waals surface area contributed by atoms with E-state index in [9.17, 15) is 8.42 Å². The van der Waals surface area contributed by atoms with Crippen molar-refractivity contribution in [2.75, 3.05) is 22.9 Å². The minimum Gasteiger partial charge on any atom is -0.353 e. The first-order valence-electron chi connectivity index (χ1n) is 8.71. The summed E-state index contributed by atoms with van der Waals surface area (Å²) in [4.78, 5) is 4.38. The first-order chi connectivity index (χ1) is 13.7. The van der Waals surface area contributed by atoms with Crippen LogP contribution < -0.4 is 14.9 Å². The van der Waals surface area contributed by atoms with Crippen molar-refractivity contribution in [3.05, 3.63) is 60.0 Å². The molecule has 0 fully saturated rings. The van der Waals surface area contributed by atoms with Crippen molar-refractivity contribution >= 4 is 38.7 Å². The number of nitrogens with one attached hydrogen (secondary N) is 2. The lowest BCUT2D eigenvalue weighted by atomic mass is 10.1. The molecule has 152 valence electrons. The average Bonchev–Trinajstić information content (AvgIpc) is 3.14. The predicted octanol–water partition coefficient (Wildman–Crippen LogP) is 2.93. The fourth-order valence-corrected chi connectivity index (χ4v) is 3.25. The van der Waals surface area contributed by atoms with E-state index in [1.165, 1.54) is 11.4 Å². The van der Waals surface area contributed by atoms with Gasteiger partial charge < -0.3 is 15.2 Å². The molecule has 0 aliphatic carbocycles. The van der Waals surface area contributed by atoms with Crippen LogP contribution in [0.4, 0.5) is 11.4 Å². The highest BCUT2D eigenvalue weighted by atomic mass is 32.2. The molecule has 2 N–H and O–H groups in total. The molecule has 0 saturated carbocycles. The van der Waals surface area contributed by atoms with Crippen LogP contribution in [0.15, 0.2) is 53.1 Å². The van der Waals surface area contributed by atoms with Crippen molar-refractivity contribution in [1.82, 2.24) is 15.5 Å². The van der Waals surface area contributed by atoms with Crippen LogP contribution in [0.1, 0.15) is 11.5 Å². The van der Waals surface area contributed by atoms with Crippen molar-refractivity contribution in [3.63, 3.8) is 0 Å². The Morgan fingerprint density at radius 1 is 1.21 bits per heavy atom. The van der Waals surface area contributed by atoms with Crippen LogP contribution in [0, 0.1) is 6.92 Å². The van der Waals surface area contributed by atoms with Gasteiger partial charge in [0.05, 0.1) is 18.5 Å². The van der Waals surface area contributed by atoms with E-state index in [0.717, 1.165) is 17.4 Å². The van der Waals surface area contributed by atoms with E-state index in [1.54, 1.807) is 24.3 Å². The van der Waals surface area contributed by atoms with Crippen LogP contribution in [0.2, 0.25) is 0 Å². The van der Waals surface area contributed by atoms with Gasteiger partial charge >= 0.3 is 0 Å². The summed E-state index contributed by atoms with van der Waals surface area (Å²) in [6.45, 7) is 2.24. The molecule has 0 aliphatic rings. The Hall–Kier alpha value is -2.98. The minimum atomic E-state index is -3.34. The highest BCUT2D eigenvalue weighted by Gasteiger charge is 2.13. The molecule has 10 heteroatoms. The Morgan fingerprint density at radius 2 is 1.97 bits per heavy atom. The molecule has 0 radical (unpaired) electrons. The molecule has 1 aromatic heterocycles. The van der Waals surface area contributed by atoms with Crippen LogP contribution in [0.25, 0.3) is 11.4 Å². The van der Waals surface area contributed by atoms with Gasteiger partial charge in [-0.1, -0.05) is 35.5 Å². The molecule has 1 heterocycles. The van der Waals surface area contributed by atoms with E-state index in [0.29, 0.717) is 28.2 Å². The van der Waals surface area contributed by atoms with Gasteiger partial charge in [-0.15, -0.1) is 0 Å². The van der Waals surface area contributed by atoms with E-state index >= 15 is 0 Å². The summed E-state index contributed by atoms with van der Waals surface area (Å²) < 4.78 is 29.9. The summed E-state index contributed by atoms with van der Waals surface area (Å²) in [6.07, 6.45) is 1.15. The first kappa shape index (κ1) is 20.7. The first-order valence-corrected chi connectivity index (χ1v) is 11.0. The van der Waals surface area contributed by atoms with Gasteiger partial charge in [0.2, 0.25) is 21.7 Å². The standard InChI is InChI=1S/C19H21N5O3S2/c1-13-7-4-5-10-16(13)18-22-17(27-23-18)12-20-19(28)21-14-8-6-9-15(11-14)24(2)29(3,25)26/h4-11H,12H2,1-3H3,(H2,20,21,28). The molecule has 0 atom stereocenters. The van der Waals surface area contributed by atoms with Gasteiger partial charge in [0.15, 0.2) is 5.11 Å². The minimum absolute atomic E-state index is 0.258. The molecule has 29 heavy (non-hydrogen) atoms. The number of aromatic nitrogens is 2. The lowest BCUT2D eigenvalue weighted by Gasteiger charge is -2.18. The SMILES string of the molecule is Cc1ccccc1-c1noc(CNC(=S)Nc2cccc(N(C)S(C)(=O)=O)c2)n1. The molecule has 0 bridgehead atoms. The van der Waals surface area contributed by atoms with Crippen LogP contribution in [-0.4, -0.2) is 37.0 Å². The molecule has 3 rings (SSSR count). The zero-order chi connectivity index (χ0) is 21.0. The van der Waals surface area contributed by atoms with Crippen molar-refractivity contribution in [2.24, 2.45) is 0 Å². The Balaban J connectivity index is 1.61. The average molecular weight is 432 g/mol. The van der Waals surface area contributed by atoms with Gasteiger partial charge in [0, 0.05) is 18.3 Å². The zero-order valence-electron chi connectivity index (χ0n) is 16.2. The maximum absolute atomic E-state index is 11.7. The van der Waals surface area contributed by atoms with Gasteiger partial charge in [0.25, 0.3) is 0 Å². The second-order valence-corrected chi connectivity index (χ2v) is 8.84. The fourth-order valence-electron chi connectivity index (χ4n) is 2.56. The molecule has 0 saturated heterocycles. The number of thiocarbonyl (C=S) groups is 1. The number of benzene rings is 2. The van der Waals surface area contributed by atoms with E-state index in [4.69, 9.17) is 16.7 Å². The number of hydrogen-bond donors (Lipinski definition) is 2. The van der Waals surface area contributed by atoms with Crippen LogP contribution in [0.5, 0.6) is 0 Å². The normalized spacial score (nSPS) is 11.1. The third-order valence-corrected chi connectivity index (χ3v) is 5.67. The number of nitrogens with zero attached hydrogens (tertiary/aromatic N) is 3. The zero-order valence-corrected chi connectivity index (χ0v) is 17.8. The molecule has 2 aromatic carbocycles. The molecule has 0 spiro atoms. The van der Waals surface area contributed by atoms with Gasteiger partial charge in [-0.2, -0.15) is 4.98 Å². The van der Waals surface area contributed by atoms with E-state index in [2.05, 4.69) is 20.8 Å². The Labute approximate surface area is 175 Å². The van der Waals surface area contributed by atoms with Gasteiger partial charge in [-0.25, -0.2) is 8.42 Å². The third-order valence-electron chi connectivity index (χ3n) is 4.22. The number of rotatable bonds is 6. The number of aryl methyl sites for hydroxylation is 1. The van der Waals surface area contributed by atoms with Crippen molar-refractivity contribution < 1.29 is 12.9 Å². The van der Waals surface area contributed by atoms with E-state index < -0.39 is 10.0 Å². The summed E-state index contributed by atoms with van der Waals surface area (Å²) in [5.74, 6) is 0.924. The summed E-state index contributed by atoms with van der Waals surface area (Å²) in [5.41, 5.74) is 3.15. The largest absolute Gasteiger partial charge is 0.353 e. The molecule has 3 aromatic rings. The maximum atomic E-state index is 11.7. The summed E-state index contributed by atoms with van der Waals surface area (Å²) >= 11 is 5.29. The molecule has 0 aliphatic heterocycles. The summed E-state index contributed by atoms with van der Waals surface area (Å²) in [7, 11) is -1.85. The Bertz CT molecular complexity index is 1130. The second kappa shape index (κ2) is 8.58. The predicted molar refractivity (Wildman–Crippen MR) is 117 cm³/mol. The molecular weight excluding hydrogens is 410 g/mol. The maximum Gasteiger partial charge on any atom is 0.246 e. The van der Waals surface area contributed by atoms with Crippen LogP contribution in [-0.2, 0) is 16.6 Å². The van der Waals surface area contributed by atoms with Gasteiger partial charge in [-0.05, 0) is 42.9 Å². The number of sulfonamides is 1. The van der Waals surface area contributed by atoms with Gasteiger partial charge in [-0.3, -0.25) is 4.31 Å². The monoisotopic (exact) mass is 431 g/mol. The van der Waals surface area contributed by atoms with Gasteiger partial charge in [0.1, 0.15) is 0 Å². The molecule has 8 nitrogen and oxygen atoms in total. The molecule has 0 amide bonds. The summed E-state index contributed by atoms with van der Waals surface area (Å²) in [6, 6.07) is 14.7. The molecule has 0 unspecified atom stereocenters. The smallest absolute Gasteiger partial charge is 0.246 e. The topological polar surface area (TPSA) is 100 Å². The van der Waals surface area contributed by atoms with Crippen LogP contribution in [0.3, 0.4) is 0 Å². The summed E-state index contributed by atoms with van der Waals surface area (Å²) in [5, 5.41) is 10.4. The number of hydrogen-bond acceptors (Lipinski definition) is 6. The Morgan fingerprint density at radius 3 is 2.69 bits per heavy atom. The Kier molecular flexibility index (Phi) is 6.14. The number of anilines is 2. The second-order valence-electron chi connectivity index (χ2n) is 6.42. The highest BCUT2D eigenvalue weighted by Crippen LogP contribution is 2.21. The fraction of sp³-hybridized carbons (Fsp3) is 0.211. The van der Waals surface area contributed by atoms with Crippen molar-refractivity contribution in [2.45, 2.75) is 13.5 Å². The highest BCUT2D eigenvalue weighted by molar-refractivity contribution is 7.92. The quantitative estimate of drug-likeness (QED) is 0.575.